The van der Waals surface area contributed by atoms with Crippen molar-refractivity contribution in [1.82, 2.24) is 0 Å². The van der Waals surface area contributed by atoms with Gasteiger partial charge in [-0.05, 0) is 12.8 Å². The van der Waals surface area contributed by atoms with Crippen LogP contribution in [0.2, 0.25) is 0 Å². The zero-order valence-electron chi connectivity index (χ0n) is 12.6. The van der Waals surface area contributed by atoms with Crippen LogP contribution in [0.25, 0.3) is 0 Å². The van der Waals surface area contributed by atoms with Crippen LogP contribution >= 0.6 is 0 Å². The smallest absolute Gasteiger partial charge is 0.308 e. The van der Waals surface area contributed by atoms with Crippen LogP contribution in [0.5, 0.6) is 0 Å². The summed E-state index contributed by atoms with van der Waals surface area (Å²) >= 11 is 0. The minimum absolute atomic E-state index is 0.0775. The number of carbonyl (C=O) groups excluding carboxylic acids is 1. The number of ether oxygens (including phenoxy) is 1. The topological polar surface area (TPSA) is 145 Å². The van der Waals surface area contributed by atoms with Gasteiger partial charge in [0.05, 0.1) is 6.61 Å². The monoisotopic (exact) mass is 322 g/mol. The van der Waals surface area contributed by atoms with Crippen molar-refractivity contribution in [3.05, 3.63) is 0 Å². The van der Waals surface area contributed by atoms with Gasteiger partial charge in [0.15, 0.2) is 0 Å². The summed E-state index contributed by atoms with van der Waals surface area (Å²) in [5, 5.41) is 44.7. The van der Waals surface area contributed by atoms with E-state index in [9.17, 15) is 19.8 Å². The first-order valence-electron chi connectivity index (χ1n) is 7.44. The number of hydrogen-bond acceptors (Lipinski definition) is 7. The lowest BCUT2D eigenvalue weighted by Crippen LogP contribution is -2.41. The number of unbranched alkanes of at least 4 members (excludes halogenated alkanes) is 5. The van der Waals surface area contributed by atoms with Crippen LogP contribution in [0, 0.1) is 0 Å². The first-order valence-corrected chi connectivity index (χ1v) is 7.44. The molecule has 8 nitrogen and oxygen atoms in total. The Bertz CT molecular complexity index is 320. The average Bonchev–Trinajstić information content (AvgIpc) is 2.47. The molecule has 0 saturated heterocycles. The molecule has 8 heteroatoms. The molecule has 0 aromatic carbocycles. The predicted octanol–water partition coefficient (Wildman–Crippen LogP) is -0.232. The third-order valence-electron chi connectivity index (χ3n) is 3.15. The van der Waals surface area contributed by atoms with Crippen LogP contribution in [0.1, 0.15) is 51.4 Å². The molecule has 1 unspecified atom stereocenters. The van der Waals surface area contributed by atoms with Crippen molar-refractivity contribution in [1.29, 1.82) is 0 Å². The highest BCUT2D eigenvalue weighted by Crippen LogP contribution is 2.10. The standard InChI is InChI=1S/C14H26O8/c15-9-10(16)13(20)14(21)22-12(19)8-6-4-2-1-3-5-7-11(17)18/h10,13-16,20-21H,1-9H2,(H,17,18)/t10-,13+,14?/m1/s1. The Balaban J connectivity index is 3.59. The van der Waals surface area contributed by atoms with Crippen LogP contribution in [-0.2, 0) is 14.3 Å². The Hall–Kier alpha value is -1.22. The van der Waals surface area contributed by atoms with Gasteiger partial charge in [-0.1, -0.05) is 25.7 Å². The van der Waals surface area contributed by atoms with Gasteiger partial charge in [0.2, 0.25) is 6.29 Å². The summed E-state index contributed by atoms with van der Waals surface area (Å²) in [5.41, 5.74) is 0. The molecule has 0 amide bonds. The molecule has 0 saturated carbocycles. The highest BCUT2D eigenvalue weighted by atomic mass is 16.6. The van der Waals surface area contributed by atoms with Crippen molar-refractivity contribution in [3.63, 3.8) is 0 Å². The molecular formula is C14H26O8. The molecule has 0 spiro atoms. The molecule has 0 radical (unpaired) electrons. The van der Waals surface area contributed by atoms with Crippen molar-refractivity contribution in [2.45, 2.75) is 69.9 Å². The van der Waals surface area contributed by atoms with Gasteiger partial charge in [-0.15, -0.1) is 0 Å². The molecule has 0 aromatic rings. The zero-order chi connectivity index (χ0) is 17.0. The van der Waals surface area contributed by atoms with Crippen molar-refractivity contribution in [2.75, 3.05) is 6.61 Å². The highest BCUT2D eigenvalue weighted by Gasteiger charge is 2.26. The molecule has 3 atom stereocenters. The molecule has 0 bridgehead atoms. The van der Waals surface area contributed by atoms with Gasteiger partial charge in [0.1, 0.15) is 12.2 Å². The van der Waals surface area contributed by atoms with E-state index in [1.54, 1.807) is 0 Å². The second-order valence-electron chi connectivity index (χ2n) is 5.14. The number of rotatable bonds is 13. The van der Waals surface area contributed by atoms with Gasteiger partial charge in [-0.2, -0.15) is 0 Å². The van der Waals surface area contributed by atoms with Crippen molar-refractivity contribution >= 4 is 11.9 Å². The summed E-state index contributed by atoms with van der Waals surface area (Å²) in [6.07, 6.45) is -0.352. The van der Waals surface area contributed by atoms with Crippen LogP contribution in [0.15, 0.2) is 0 Å². The Morgan fingerprint density at radius 1 is 0.864 bits per heavy atom. The van der Waals surface area contributed by atoms with Gasteiger partial charge < -0.3 is 30.3 Å². The number of hydrogen-bond donors (Lipinski definition) is 5. The van der Waals surface area contributed by atoms with Crippen molar-refractivity contribution < 1.29 is 39.9 Å². The minimum atomic E-state index is -1.87. The third-order valence-corrected chi connectivity index (χ3v) is 3.15. The molecular weight excluding hydrogens is 296 g/mol. The summed E-state index contributed by atoms with van der Waals surface area (Å²) in [7, 11) is 0. The lowest BCUT2D eigenvalue weighted by atomic mass is 10.1. The molecule has 0 aliphatic rings. The number of carboxylic acid groups (broad SMARTS) is 1. The highest BCUT2D eigenvalue weighted by molar-refractivity contribution is 5.69. The number of aliphatic hydroxyl groups is 4. The SMILES string of the molecule is O=C(O)CCCCCCCCC(=O)OC(O)[C@@H](O)[C@H](O)CO. The second-order valence-corrected chi connectivity index (χ2v) is 5.14. The Labute approximate surface area is 129 Å². The van der Waals surface area contributed by atoms with Crippen molar-refractivity contribution in [2.24, 2.45) is 0 Å². The summed E-state index contributed by atoms with van der Waals surface area (Å²) in [4.78, 5) is 21.7. The maximum atomic E-state index is 11.4. The number of esters is 1. The molecule has 0 fully saturated rings. The molecule has 0 heterocycles. The number of carbonyl (C=O) groups is 2. The van der Waals surface area contributed by atoms with Crippen LogP contribution in [0.3, 0.4) is 0 Å². The molecule has 0 aliphatic carbocycles. The lowest BCUT2D eigenvalue weighted by Gasteiger charge is -2.21. The van der Waals surface area contributed by atoms with E-state index in [0.29, 0.717) is 12.8 Å². The van der Waals surface area contributed by atoms with E-state index >= 15 is 0 Å². The summed E-state index contributed by atoms with van der Waals surface area (Å²) in [5.74, 6) is -1.49. The quantitative estimate of drug-likeness (QED) is 0.178. The predicted molar refractivity (Wildman–Crippen MR) is 75.8 cm³/mol. The Morgan fingerprint density at radius 2 is 1.36 bits per heavy atom. The fourth-order valence-electron chi connectivity index (χ4n) is 1.81. The largest absolute Gasteiger partial charge is 0.481 e. The van der Waals surface area contributed by atoms with E-state index in [4.69, 9.17) is 15.3 Å². The van der Waals surface area contributed by atoms with E-state index in [-0.39, 0.29) is 12.8 Å². The Morgan fingerprint density at radius 3 is 1.86 bits per heavy atom. The maximum Gasteiger partial charge on any atom is 0.308 e. The van der Waals surface area contributed by atoms with Gasteiger partial charge in [0.25, 0.3) is 0 Å². The average molecular weight is 322 g/mol. The van der Waals surface area contributed by atoms with Crippen LogP contribution in [0.4, 0.5) is 0 Å². The molecule has 0 aliphatic heterocycles. The van der Waals surface area contributed by atoms with Crippen LogP contribution < -0.4 is 0 Å². The summed E-state index contributed by atoms with van der Waals surface area (Å²) in [6, 6.07) is 0. The maximum absolute atomic E-state index is 11.4. The summed E-state index contributed by atoms with van der Waals surface area (Å²) in [6.45, 7) is -0.752. The van der Waals surface area contributed by atoms with Gasteiger partial charge in [-0.25, -0.2) is 0 Å². The van der Waals surface area contributed by atoms with E-state index in [0.717, 1.165) is 25.7 Å². The normalized spacial score (nSPS) is 15.1. The third kappa shape index (κ3) is 10.5. The molecule has 130 valence electrons. The van der Waals surface area contributed by atoms with Crippen LogP contribution in [-0.4, -0.2) is 62.6 Å². The van der Waals surface area contributed by atoms with E-state index in [2.05, 4.69) is 4.74 Å². The fraction of sp³-hybridized carbons (Fsp3) is 0.857. The fourth-order valence-corrected chi connectivity index (χ4v) is 1.81. The summed E-state index contributed by atoms with van der Waals surface area (Å²) < 4.78 is 4.54. The molecule has 22 heavy (non-hydrogen) atoms. The van der Waals surface area contributed by atoms with E-state index in [1.165, 1.54) is 0 Å². The first-order chi connectivity index (χ1) is 10.4. The van der Waals surface area contributed by atoms with E-state index in [1.807, 2.05) is 0 Å². The Kier molecular flexibility index (Phi) is 11.7. The lowest BCUT2D eigenvalue weighted by molar-refractivity contribution is -0.201. The van der Waals surface area contributed by atoms with Gasteiger partial charge >= 0.3 is 11.9 Å². The molecule has 0 rings (SSSR count). The second kappa shape index (κ2) is 12.3. The number of carboxylic acids is 1. The van der Waals surface area contributed by atoms with E-state index < -0.39 is 37.0 Å². The first kappa shape index (κ1) is 20.8. The zero-order valence-corrected chi connectivity index (χ0v) is 12.6. The van der Waals surface area contributed by atoms with Gasteiger partial charge in [0, 0.05) is 12.8 Å². The molecule has 5 N–H and O–H groups in total. The van der Waals surface area contributed by atoms with Crippen molar-refractivity contribution in [3.8, 4) is 0 Å². The van der Waals surface area contributed by atoms with Gasteiger partial charge in [-0.3, -0.25) is 9.59 Å². The molecule has 0 aromatic heterocycles. The number of aliphatic hydroxyl groups excluding tert-OH is 4. The number of aliphatic carboxylic acids is 1. The minimum Gasteiger partial charge on any atom is -0.481 e.